The molecule has 2 rings (SSSR count). The molecule has 0 heterocycles. The third-order valence-electron chi connectivity index (χ3n) is 3.92. The fraction of sp³-hybridized carbons (Fsp3) is 0.467. The lowest BCUT2D eigenvalue weighted by molar-refractivity contribution is -0.131. The minimum atomic E-state index is -0.381. The van der Waals surface area contributed by atoms with Crippen LogP contribution >= 0.6 is 0 Å². The summed E-state index contributed by atoms with van der Waals surface area (Å²) in [4.78, 5) is 11.8. The molecule has 5 heteroatoms. The molecule has 1 fully saturated rings. The molecule has 106 valence electrons. The van der Waals surface area contributed by atoms with Crippen LogP contribution in [0.5, 0.6) is 5.75 Å². The molecule has 0 bridgehead atoms. The Morgan fingerprint density at radius 1 is 1.55 bits per heavy atom. The second kappa shape index (κ2) is 5.51. The summed E-state index contributed by atoms with van der Waals surface area (Å²) in [5.41, 5.74) is 0.0972. The molecule has 20 heavy (non-hydrogen) atoms. The SMILES string of the molecule is CC1(C)C(O)CC1NC(=O)COc1ccccc1C#N. The maximum absolute atomic E-state index is 11.8. The van der Waals surface area contributed by atoms with Gasteiger partial charge in [-0.15, -0.1) is 0 Å². The van der Waals surface area contributed by atoms with E-state index in [1.807, 2.05) is 19.9 Å². The normalized spacial score (nSPS) is 23.3. The second-order valence-corrected chi connectivity index (χ2v) is 5.59. The number of nitrogens with one attached hydrogen (secondary N) is 1. The van der Waals surface area contributed by atoms with Crippen LogP contribution in [0.25, 0.3) is 0 Å². The van der Waals surface area contributed by atoms with Gasteiger partial charge in [-0.25, -0.2) is 0 Å². The van der Waals surface area contributed by atoms with Gasteiger partial charge in [0.25, 0.3) is 5.91 Å². The zero-order valence-electron chi connectivity index (χ0n) is 11.6. The third-order valence-corrected chi connectivity index (χ3v) is 3.92. The number of nitriles is 1. The molecule has 1 aliphatic carbocycles. The minimum Gasteiger partial charge on any atom is -0.482 e. The van der Waals surface area contributed by atoms with E-state index in [0.29, 0.717) is 17.7 Å². The molecular weight excluding hydrogens is 256 g/mol. The molecule has 0 aromatic heterocycles. The van der Waals surface area contributed by atoms with E-state index in [0.717, 1.165) is 0 Å². The van der Waals surface area contributed by atoms with Crippen LogP contribution in [0.3, 0.4) is 0 Å². The monoisotopic (exact) mass is 274 g/mol. The highest BCUT2D eigenvalue weighted by molar-refractivity contribution is 5.78. The number of hydrogen-bond acceptors (Lipinski definition) is 4. The Bertz CT molecular complexity index is 548. The molecule has 2 atom stereocenters. The predicted molar refractivity (Wildman–Crippen MR) is 73.0 cm³/mol. The summed E-state index contributed by atoms with van der Waals surface area (Å²) in [6.07, 6.45) is 0.182. The zero-order valence-corrected chi connectivity index (χ0v) is 11.6. The Morgan fingerprint density at radius 2 is 2.25 bits per heavy atom. The molecule has 1 saturated carbocycles. The number of hydrogen-bond donors (Lipinski definition) is 2. The molecule has 1 aromatic carbocycles. The number of ether oxygens (including phenoxy) is 1. The fourth-order valence-corrected chi connectivity index (χ4v) is 2.21. The average molecular weight is 274 g/mol. The molecule has 0 spiro atoms. The van der Waals surface area contributed by atoms with Crippen LogP contribution < -0.4 is 10.1 Å². The van der Waals surface area contributed by atoms with Gasteiger partial charge in [0, 0.05) is 11.5 Å². The van der Waals surface area contributed by atoms with Crippen molar-refractivity contribution in [2.45, 2.75) is 32.4 Å². The van der Waals surface area contributed by atoms with Crippen LogP contribution in [-0.4, -0.2) is 29.8 Å². The van der Waals surface area contributed by atoms with Gasteiger partial charge in [-0.2, -0.15) is 5.26 Å². The molecule has 0 aliphatic heterocycles. The van der Waals surface area contributed by atoms with Crippen LogP contribution in [0.2, 0.25) is 0 Å². The molecule has 0 radical (unpaired) electrons. The lowest BCUT2D eigenvalue weighted by Gasteiger charge is -2.49. The van der Waals surface area contributed by atoms with Gasteiger partial charge in [-0.1, -0.05) is 26.0 Å². The molecule has 1 amide bonds. The van der Waals surface area contributed by atoms with Gasteiger partial charge >= 0.3 is 0 Å². The standard InChI is InChI=1S/C15H18N2O3/c1-15(2)12(7-13(15)18)17-14(19)9-20-11-6-4-3-5-10(11)8-16/h3-6,12-13,18H,7,9H2,1-2H3,(H,17,19). The quantitative estimate of drug-likeness (QED) is 0.864. The third kappa shape index (κ3) is 2.75. The van der Waals surface area contributed by atoms with Gasteiger partial charge in [0.05, 0.1) is 11.7 Å². The van der Waals surface area contributed by atoms with Crippen molar-refractivity contribution in [3.05, 3.63) is 29.8 Å². The first-order chi connectivity index (χ1) is 9.45. The molecule has 1 aliphatic rings. The average Bonchev–Trinajstić information content (AvgIpc) is 2.45. The summed E-state index contributed by atoms with van der Waals surface area (Å²) >= 11 is 0. The molecule has 5 nitrogen and oxygen atoms in total. The van der Waals surface area contributed by atoms with Crippen molar-refractivity contribution in [3.63, 3.8) is 0 Å². The number of amides is 1. The van der Waals surface area contributed by atoms with Crippen molar-refractivity contribution in [1.29, 1.82) is 5.26 Å². The van der Waals surface area contributed by atoms with E-state index in [1.54, 1.807) is 24.3 Å². The van der Waals surface area contributed by atoms with Gasteiger partial charge in [-0.05, 0) is 18.6 Å². The fourth-order valence-electron chi connectivity index (χ4n) is 2.21. The van der Waals surface area contributed by atoms with E-state index >= 15 is 0 Å². The van der Waals surface area contributed by atoms with Crippen molar-refractivity contribution in [2.75, 3.05) is 6.61 Å². The van der Waals surface area contributed by atoms with Crippen molar-refractivity contribution in [2.24, 2.45) is 5.41 Å². The largest absolute Gasteiger partial charge is 0.482 e. The number of benzene rings is 1. The number of aliphatic hydroxyl groups is 1. The number of carbonyl (C=O) groups excluding carboxylic acids is 1. The summed E-state index contributed by atoms with van der Waals surface area (Å²) in [6.45, 7) is 3.69. The lowest BCUT2D eigenvalue weighted by atomic mass is 9.64. The minimum absolute atomic E-state index is 0.0418. The summed E-state index contributed by atoms with van der Waals surface area (Å²) in [5, 5.41) is 21.4. The highest BCUT2D eigenvalue weighted by Crippen LogP contribution is 2.40. The number of carbonyl (C=O) groups is 1. The van der Waals surface area contributed by atoms with Crippen molar-refractivity contribution >= 4 is 5.91 Å². The number of nitrogens with zero attached hydrogens (tertiary/aromatic N) is 1. The van der Waals surface area contributed by atoms with E-state index in [1.165, 1.54) is 0 Å². The second-order valence-electron chi connectivity index (χ2n) is 5.59. The van der Waals surface area contributed by atoms with Crippen LogP contribution in [-0.2, 0) is 4.79 Å². The first kappa shape index (κ1) is 14.4. The first-order valence-corrected chi connectivity index (χ1v) is 6.54. The highest BCUT2D eigenvalue weighted by Gasteiger charge is 2.47. The van der Waals surface area contributed by atoms with Crippen LogP contribution in [0.1, 0.15) is 25.8 Å². The highest BCUT2D eigenvalue weighted by atomic mass is 16.5. The van der Waals surface area contributed by atoms with E-state index in [4.69, 9.17) is 10.00 Å². The van der Waals surface area contributed by atoms with Gasteiger partial charge < -0.3 is 15.2 Å². The van der Waals surface area contributed by atoms with Crippen molar-refractivity contribution in [3.8, 4) is 11.8 Å². The van der Waals surface area contributed by atoms with E-state index in [9.17, 15) is 9.90 Å². The van der Waals surface area contributed by atoms with E-state index in [2.05, 4.69) is 5.32 Å². The molecule has 1 aromatic rings. The first-order valence-electron chi connectivity index (χ1n) is 6.54. The van der Waals surface area contributed by atoms with E-state index < -0.39 is 0 Å². The Labute approximate surface area is 118 Å². The Kier molecular flexibility index (Phi) is 3.96. The van der Waals surface area contributed by atoms with Gasteiger partial charge in [-0.3, -0.25) is 4.79 Å². The Hall–Kier alpha value is -2.06. The number of para-hydroxylation sites is 1. The Morgan fingerprint density at radius 3 is 2.85 bits per heavy atom. The van der Waals surface area contributed by atoms with Crippen molar-refractivity contribution < 1.29 is 14.6 Å². The van der Waals surface area contributed by atoms with Gasteiger partial charge in [0.1, 0.15) is 11.8 Å². The molecule has 2 N–H and O–H groups in total. The van der Waals surface area contributed by atoms with Crippen LogP contribution in [0.4, 0.5) is 0 Å². The smallest absolute Gasteiger partial charge is 0.258 e. The number of aliphatic hydroxyl groups excluding tert-OH is 1. The summed E-state index contributed by atoms with van der Waals surface area (Å²) in [7, 11) is 0. The topological polar surface area (TPSA) is 82.3 Å². The molecule has 0 saturated heterocycles. The summed E-state index contributed by atoms with van der Waals surface area (Å²) in [6, 6.07) is 8.75. The summed E-state index contributed by atoms with van der Waals surface area (Å²) in [5.74, 6) is 0.153. The lowest BCUT2D eigenvalue weighted by Crippen LogP contribution is -2.61. The zero-order chi connectivity index (χ0) is 14.8. The van der Waals surface area contributed by atoms with Gasteiger partial charge in [0.2, 0.25) is 0 Å². The van der Waals surface area contributed by atoms with Gasteiger partial charge in [0.15, 0.2) is 6.61 Å². The Balaban J connectivity index is 1.86. The molecule has 2 unspecified atom stereocenters. The number of rotatable bonds is 4. The van der Waals surface area contributed by atoms with Crippen LogP contribution in [0, 0.1) is 16.7 Å². The maximum Gasteiger partial charge on any atom is 0.258 e. The predicted octanol–water partition coefficient (Wildman–Crippen LogP) is 1.21. The van der Waals surface area contributed by atoms with Crippen molar-refractivity contribution in [1.82, 2.24) is 5.32 Å². The van der Waals surface area contributed by atoms with Crippen LogP contribution in [0.15, 0.2) is 24.3 Å². The van der Waals surface area contributed by atoms with E-state index in [-0.39, 0.29) is 30.1 Å². The maximum atomic E-state index is 11.8. The molecular formula is C15H18N2O3. The summed E-state index contributed by atoms with van der Waals surface area (Å²) < 4.78 is 5.36.